The number of nitrogens with one attached hydrogen (secondary N) is 1. The molecule has 20 heavy (non-hydrogen) atoms. The van der Waals surface area contributed by atoms with E-state index in [4.69, 9.17) is 5.84 Å². The van der Waals surface area contributed by atoms with Crippen molar-refractivity contribution in [2.24, 2.45) is 11.3 Å². The Balaban J connectivity index is 2.24. The minimum atomic E-state index is -0.523. The van der Waals surface area contributed by atoms with Crippen molar-refractivity contribution in [1.29, 1.82) is 0 Å². The molecule has 0 heterocycles. The molecular weight excluding hydrogens is 326 g/mol. The molecule has 112 valence electrons. The van der Waals surface area contributed by atoms with Gasteiger partial charge in [-0.15, -0.1) is 0 Å². The number of rotatable bonds is 4. The Hall–Kier alpha value is -0.520. The van der Waals surface area contributed by atoms with Crippen molar-refractivity contribution in [1.82, 2.24) is 5.43 Å². The average molecular weight is 347 g/mol. The van der Waals surface area contributed by atoms with Gasteiger partial charge in [0.1, 0.15) is 11.6 Å². The molecule has 1 fully saturated rings. The van der Waals surface area contributed by atoms with Crippen LogP contribution in [0.15, 0.2) is 16.6 Å². The molecule has 1 aliphatic rings. The van der Waals surface area contributed by atoms with Gasteiger partial charge in [0.25, 0.3) is 0 Å². The SMILES string of the molecule is CC1(C(Cc2c(F)ccc(Br)c2F)NN)CCCCC1. The fraction of sp³-hybridized carbons (Fsp3) is 0.600. The molecule has 1 saturated carbocycles. The van der Waals surface area contributed by atoms with E-state index in [9.17, 15) is 8.78 Å². The van der Waals surface area contributed by atoms with Crippen LogP contribution >= 0.6 is 15.9 Å². The monoisotopic (exact) mass is 346 g/mol. The largest absolute Gasteiger partial charge is 0.271 e. The van der Waals surface area contributed by atoms with Gasteiger partial charge in [0.05, 0.1) is 4.47 Å². The highest BCUT2D eigenvalue weighted by Crippen LogP contribution is 2.40. The van der Waals surface area contributed by atoms with E-state index in [1.807, 2.05) is 0 Å². The van der Waals surface area contributed by atoms with Crippen LogP contribution in [-0.4, -0.2) is 6.04 Å². The maximum Gasteiger partial charge on any atom is 0.143 e. The van der Waals surface area contributed by atoms with Gasteiger partial charge >= 0.3 is 0 Å². The molecule has 2 nitrogen and oxygen atoms in total. The maximum atomic E-state index is 14.1. The average Bonchev–Trinajstić information content (AvgIpc) is 2.44. The summed E-state index contributed by atoms with van der Waals surface area (Å²) in [6, 6.07) is 2.56. The molecule has 0 radical (unpaired) electrons. The summed E-state index contributed by atoms with van der Waals surface area (Å²) < 4.78 is 28.3. The van der Waals surface area contributed by atoms with Crippen molar-refractivity contribution in [2.45, 2.75) is 51.5 Å². The second-order valence-corrected chi connectivity index (χ2v) is 6.81. The van der Waals surface area contributed by atoms with Crippen LogP contribution in [0.1, 0.15) is 44.6 Å². The zero-order valence-corrected chi connectivity index (χ0v) is 13.3. The van der Waals surface area contributed by atoms with Crippen LogP contribution in [0.5, 0.6) is 0 Å². The van der Waals surface area contributed by atoms with Gasteiger partial charge in [0, 0.05) is 11.6 Å². The number of halogens is 3. The number of hydrogen-bond acceptors (Lipinski definition) is 2. The standard InChI is InChI=1S/C15H21BrF2N2/c1-15(7-3-2-4-8-15)13(20-19)9-10-12(17)6-5-11(16)14(10)18/h5-6,13,20H,2-4,7-9,19H2,1H3. The van der Waals surface area contributed by atoms with Gasteiger partial charge in [-0.1, -0.05) is 26.2 Å². The van der Waals surface area contributed by atoms with Crippen LogP contribution in [0.25, 0.3) is 0 Å². The quantitative estimate of drug-likeness (QED) is 0.489. The first-order valence-electron chi connectivity index (χ1n) is 7.06. The van der Waals surface area contributed by atoms with Crippen molar-refractivity contribution in [3.05, 3.63) is 33.8 Å². The van der Waals surface area contributed by atoms with Gasteiger partial charge in [-0.25, -0.2) is 8.78 Å². The molecule has 0 amide bonds. The molecule has 1 aliphatic carbocycles. The molecule has 1 aromatic rings. The van der Waals surface area contributed by atoms with Crippen molar-refractivity contribution < 1.29 is 8.78 Å². The maximum absolute atomic E-state index is 14.1. The lowest BCUT2D eigenvalue weighted by atomic mass is 9.69. The molecule has 0 saturated heterocycles. The lowest BCUT2D eigenvalue weighted by molar-refractivity contribution is 0.142. The van der Waals surface area contributed by atoms with Crippen molar-refractivity contribution in [3.8, 4) is 0 Å². The zero-order valence-electron chi connectivity index (χ0n) is 11.7. The van der Waals surface area contributed by atoms with E-state index >= 15 is 0 Å². The van der Waals surface area contributed by atoms with E-state index < -0.39 is 11.6 Å². The van der Waals surface area contributed by atoms with Crippen LogP contribution in [0.2, 0.25) is 0 Å². The normalized spacial score (nSPS) is 19.9. The summed E-state index contributed by atoms with van der Waals surface area (Å²) in [7, 11) is 0. The Morgan fingerprint density at radius 3 is 2.55 bits per heavy atom. The molecule has 0 spiro atoms. The molecule has 0 aliphatic heterocycles. The smallest absolute Gasteiger partial charge is 0.143 e. The summed E-state index contributed by atoms with van der Waals surface area (Å²) in [5.41, 5.74) is 2.89. The second kappa shape index (κ2) is 6.50. The van der Waals surface area contributed by atoms with Gasteiger partial charge in [0.15, 0.2) is 0 Å². The fourth-order valence-electron chi connectivity index (χ4n) is 3.17. The Bertz CT molecular complexity index is 473. The van der Waals surface area contributed by atoms with Gasteiger partial charge in [-0.2, -0.15) is 0 Å². The summed E-state index contributed by atoms with van der Waals surface area (Å²) in [5.74, 6) is 4.64. The first-order chi connectivity index (χ1) is 9.48. The van der Waals surface area contributed by atoms with Crippen LogP contribution in [-0.2, 0) is 6.42 Å². The highest BCUT2D eigenvalue weighted by molar-refractivity contribution is 9.10. The first kappa shape index (κ1) is 15.9. The number of benzene rings is 1. The third kappa shape index (κ3) is 3.21. The fourth-order valence-corrected chi connectivity index (χ4v) is 3.55. The topological polar surface area (TPSA) is 38.0 Å². The highest BCUT2D eigenvalue weighted by Gasteiger charge is 2.36. The Morgan fingerprint density at radius 1 is 1.30 bits per heavy atom. The van der Waals surface area contributed by atoms with Crippen molar-refractivity contribution in [2.75, 3.05) is 0 Å². The summed E-state index contributed by atoms with van der Waals surface area (Å²) in [4.78, 5) is 0. The van der Waals surface area contributed by atoms with E-state index in [0.29, 0.717) is 4.47 Å². The Morgan fingerprint density at radius 2 is 1.95 bits per heavy atom. The summed E-state index contributed by atoms with van der Waals surface area (Å²) in [6.45, 7) is 2.16. The molecule has 5 heteroatoms. The Kier molecular flexibility index (Phi) is 5.15. The van der Waals surface area contributed by atoms with Crippen molar-refractivity contribution in [3.63, 3.8) is 0 Å². The first-order valence-corrected chi connectivity index (χ1v) is 7.86. The van der Waals surface area contributed by atoms with Crippen LogP contribution in [0.3, 0.4) is 0 Å². The van der Waals surface area contributed by atoms with Crippen LogP contribution < -0.4 is 11.3 Å². The number of hydrogen-bond donors (Lipinski definition) is 2. The summed E-state index contributed by atoms with van der Waals surface area (Å²) >= 11 is 3.11. The van der Waals surface area contributed by atoms with Gasteiger partial charge in [0.2, 0.25) is 0 Å². The molecule has 1 aromatic carbocycles. The van der Waals surface area contributed by atoms with Gasteiger partial charge in [-0.05, 0) is 52.7 Å². The highest BCUT2D eigenvalue weighted by atomic mass is 79.9. The van der Waals surface area contributed by atoms with E-state index in [1.54, 1.807) is 0 Å². The Labute approximate surface area is 127 Å². The zero-order chi connectivity index (χ0) is 14.8. The minimum Gasteiger partial charge on any atom is -0.271 e. The summed E-state index contributed by atoms with van der Waals surface area (Å²) in [6.07, 6.45) is 5.88. The predicted molar refractivity (Wildman–Crippen MR) is 80.1 cm³/mol. The van der Waals surface area contributed by atoms with Crippen LogP contribution in [0.4, 0.5) is 8.78 Å². The van der Waals surface area contributed by atoms with E-state index in [0.717, 1.165) is 25.7 Å². The molecule has 1 unspecified atom stereocenters. The summed E-state index contributed by atoms with van der Waals surface area (Å²) in [5, 5.41) is 0. The molecule has 0 aromatic heterocycles. The minimum absolute atomic E-state index is 0.00576. The van der Waals surface area contributed by atoms with Gasteiger partial charge in [-0.3, -0.25) is 11.3 Å². The third-order valence-electron chi connectivity index (χ3n) is 4.59. The predicted octanol–water partition coefficient (Wildman–Crippen LogP) is 4.07. The molecule has 0 bridgehead atoms. The molecule has 2 rings (SSSR count). The lowest BCUT2D eigenvalue weighted by Crippen LogP contribution is -2.49. The molecular formula is C15H21BrF2N2. The van der Waals surface area contributed by atoms with E-state index in [-0.39, 0.29) is 23.4 Å². The third-order valence-corrected chi connectivity index (χ3v) is 5.20. The second-order valence-electron chi connectivity index (χ2n) is 5.96. The molecule has 3 N–H and O–H groups in total. The van der Waals surface area contributed by atoms with Crippen molar-refractivity contribution >= 4 is 15.9 Å². The number of nitrogens with two attached hydrogens (primary N) is 1. The lowest BCUT2D eigenvalue weighted by Gasteiger charge is -2.40. The molecule has 1 atom stereocenters. The van der Waals surface area contributed by atoms with Gasteiger partial charge < -0.3 is 0 Å². The van der Waals surface area contributed by atoms with Crippen LogP contribution in [0, 0.1) is 17.0 Å². The van der Waals surface area contributed by atoms with E-state index in [1.165, 1.54) is 18.6 Å². The number of hydrazine groups is 1. The van der Waals surface area contributed by atoms with E-state index in [2.05, 4.69) is 28.3 Å².